The second kappa shape index (κ2) is 9.73. The van der Waals surface area contributed by atoms with Gasteiger partial charge in [-0.3, -0.25) is 15.6 Å². The Morgan fingerprint density at radius 3 is 1.96 bits per heavy atom. The SMILES string of the molecule is CCOc1cc(C(=O)NNC(=S)NC)cc(OCC)c1OCC. The van der Waals surface area contributed by atoms with E-state index in [1.165, 1.54) is 0 Å². The monoisotopic (exact) mass is 341 g/mol. The first-order valence-electron chi connectivity index (χ1n) is 7.41. The first kappa shape index (κ1) is 18.8. The Hall–Kier alpha value is -2.22. The fourth-order valence-corrected chi connectivity index (χ4v) is 1.82. The average Bonchev–Trinajstić information content (AvgIpc) is 2.55. The lowest BCUT2D eigenvalue weighted by Gasteiger charge is -2.17. The number of carbonyl (C=O) groups excluding carboxylic acids is 1. The Morgan fingerprint density at radius 2 is 1.52 bits per heavy atom. The molecule has 0 aliphatic heterocycles. The van der Waals surface area contributed by atoms with Crippen LogP contribution in [-0.2, 0) is 0 Å². The van der Waals surface area contributed by atoms with E-state index in [1.807, 2.05) is 20.8 Å². The molecule has 8 heteroatoms. The molecule has 0 aromatic heterocycles. The van der Waals surface area contributed by atoms with Crippen LogP contribution in [0, 0.1) is 0 Å². The normalized spacial score (nSPS) is 9.74. The van der Waals surface area contributed by atoms with Gasteiger partial charge in [0.1, 0.15) is 0 Å². The van der Waals surface area contributed by atoms with Crippen molar-refractivity contribution in [2.75, 3.05) is 26.9 Å². The third kappa shape index (κ3) is 5.48. The minimum absolute atomic E-state index is 0.305. The molecule has 0 unspecified atom stereocenters. The highest BCUT2D eigenvalue weighted by molar-refractivity contribution is 7.80. The highest BCUT2D eigenvalue weighted by Gasteiger charge is 2.18. The summed E-state index contributed by atoms with van der Waals surface area (Å²) in [5.41, 5.74) is 5.44. The summed E-state index contributed by atoms with van der Waals surface area (Å²) in [5.74, 6) is 1.04. The van der Waals surface area contributed by atoms with Crippen molar-refractivity contribution in [3.63, 3.8) is 0 Å². The lowest BCUT2D eigenvalue weighted by atomic mass is 10.1. The summed E-state index contributed by atoms with van der Waals surface area (Å²) in [5, 5.41) is 3.00. The molecule has 0 heterocycles. The van der Waals surface area contributed by atoms with E-state index in [1.54, 1.807) is 19.2 Å². The number of ether oxygens (including phenoxy) is 3. The van der Waals surface area contributed by atoms with Crippen molar-refractivity contribution in [1.29, 1.82) is 0 Å². The van der Waals surface area contributed by atoms with Gasteiger partial charge in [0.15, 0.2) is 16.6 Å². The maximum absolute atomic E-state index is 12.2. The van der Waals surface area contributed by atoms with Crippen molar-refractivity contribution in [2.45, 2.75) is 20.8 Å². The lowest BCUT2D eigenvalue weighted by Crippen LogP contribution is -2.45. The zero-order valence-corrected chi connectivity index (χ0v) is 14.6. The molecule has 0 aliphatic carbocycles. The number of hydrogen-bond acceptors (Lipinski definition) is 5. The van der Waals surface area contributed by atoms with E-state index < -0.39 is 0 Å². The van der Waals surface area contributed by atoms with Gasteiger partial charge in [-0.05, 0) is 45.1 Å². The average molecular weight is 341 g/mol. The smallest absolute Gasteiger partial charge is 0.269 e. The fraction of sp³-hybridized carbons (Fsp3) is 0.467. The first-order chi connectivity index (χ1) is 11.1. The molecule has 1 amide bonds. The number of benzene rings is 1. The van der Waals surface area contributed by atoms with Crippen LogP contribution in [0.3, 0.4) is 0 Å². The number of rotatable bonds is 7. The number of thiocarbonyl (C=S) groups is 1. The van der Waals surface area contributed by atoms with Gasteiger partial charge in [0, 0.05) is 12.6 Å². The largest absolute Gasteiger partial charge is 0.490 e. The molecule has 0 atom stereocenters. The molecule has 0 spiro atoms. The summed E-state index contributed by atoms with van der Waals surface area (Å²) in [7, 11) is 1.65. The number of amides is 1. The zero-order chi connectivity index (χ0) is 17.2. The highest BCUT2D eigenvalue weighted by Crippen LogP contribution is 2.39. The van der Waals surface area contributed by atoms with Crippen LogP contribution in [0.2, 0.25) is 0 Å². The number of carbonyl (C=O) groups is 1. The van der Waals surface area contributed by atoms with Gasteiger partial charge in [-0.1, -0.05) is 0 Å². The third-order valence-corrected chi connectivity index (χ3v) is 2.99. The van der Waals surface area contributed by atoms with Crippen LogP contribution in [0.15, 0.2) is 12.1 Å². The van der Waals surface area contributed by atoms with E-state index in [4.69, 9.17) is 26.4 Å². The van der Waals surface area contributed by atoms with Gasteiger partial charge in [-0.2, -0.15) is 0 Å². The Balaban J connectivity index is 3.11. The third-order valence-electron chi connectivity index (χ3n) is 2.69. The molecule has 0 saturated carbocycles. The van der Waals surface area contributed by atoms with Gasteiger partial charge in [-0.15, -0.1) is 0 Å². The van der Waals surface area contributed by atoms with Gasteiger partial charge >= 0.3 is 0 Å². The van der Waals surface area contributed by atoms with Crippen LogP contribution in [-0.4, -0.2) is 37.9 Å². The van der Waals surface area contributed by atoms with E-state index in [0.29, 0.717) is 47.7 Å². The molecular formula is C15H23N3O4S. The second-order valence-corrected chi connectivity index (χ2v) is 4.67. The van der Waals surface area contributed by atoms with Crippen LogP contribution >= 0.6 is 12.2 Å². The Labute approximate surface area is 141 Å². The van der Waals surface area contributed by atoms with Crippen LogP contribution in [0.1, 0.15) is 31.1 Å². The number of hydrazine groups is 1. The number of hydrogen-bond donors (Lipinski definition) is 3. The van der Waals surface area contributed by atoms with Crippen LogP contribution in [0.25, 0.3) is 0 Å². The molecule has 1 aromatic carbocycles. The lowest BCUT2D eigenvalue weighted by molar-refractivity contribution is 0.0942. The minimum Gasteiger partial charge on any atom is -0.490 e. The minimum atomic E-state index is -0.368. The summed E-state index contributed by atoms with van der Waals surface area (Å²) in [6, 6.07) is 3.22. The van der Waals surface area contributed by atoms with Crippen molar-refractivity contribution >= 4 is 23.2 Å². The Morgan fingerprint density at radius 1 is 1.00 bits per heavy atom. The molecule has 0 saturated heterocycles. The molecule has 0 aliphatic rings. The van der Waals surface area contributed by atoms with Crippen molar-refractivity contribution < 1.29 is 19.0 Å². The van der Waals surface area contributed by atoms with Crippen molar-refractivity contribution in [2.24, 2.45) is 0 Å². The van der Waals surface area contributed by atoms with Crippen LogP contribution < -0.4 is 30.4 Å². The molecule has 0 fully saturated rings. The summed E-state index contributed by atoms with van der Waals surface area (Å²) < 4.78 is 16.7. The van der Waals surface area contributed by atoms with Crippen LogP contribution in [0.4, 0.5) is 0 Å². The topological polar surface area (TPSA) is 80.9 Å². The van der Waals surface area contributed by atoms with E-state index in [2.05, 4.69) is 16.2 Å². The fourth-order valence-electron chi connectivity index (χ4n) is 1.77. The summed E-state index contributed by atoms with van der Waals surface area (Å²) in [4.78, 5) is 12.2. The van der Waals surface area contributed by atoms with Crippen molar-refractivity contribution in [1.82, 2.24) is 16.2 Å². The predicted octanol–water partition coefficient (Wildman–Crippen LogP) is 1.62. The molecule has 23 heavy (non-hydrogen) atoms. The van der Waals surface area contributed by atoms with Gasteiger partial charge in [0.2, 0.25) is 5.75 Å². The molecule has 3 N–H and O–H groups in total. The van der Waals surface area contributed by atoms with Gasteiger partial charge in [0.05, 0.1) is 19.8 Å². The maximum Gasteiger partial charge on any atom is 0.269 e. The quantitative estimate of drug-likeness (QED) is 0.514. The molecular weight excluding hydrogens is 318 g/mol. The summed E-state index contributed by atoms with van der Waals surface area (Å²) in [6.45, 7) is 6.93. The first-order valence-corrected chi connectivity index (χ1v) is 7.82. The van der Waals surface area contributed by atoms with Gasteiger partial charge < -0.3 is 19.5 Å². The van der Waals surface area contributed by atoms with E-state index in [-0.39, 0.29) is 5.91 Å². The summed E-state index contributed by atoms with van der Waals surface area (Å²) >= 11 is 4.91. The number of nitrogens with one attached hydrogen (secondary N) is 3. The Bertz CT molecular complexity index is 525. The van der Waals surface area contributed by atoms with Crippen molar-refractivity contribution in [3.05, 3.63) is 17.7 Å². The van der Waals surface area contributed by atoms with E-state index >= 15 is 0 Å². The highest BCUT2D eigenvalue weighted by atomic mass is 32.1. The standard InChI is InChI=1S/C15H23N3O4S/c1-5-20-11-8-10(14(19)17-18-15(23)16-4)9-12(21-6-2)13(11)22-7-3/h8-9H,5-7H2,1-4H3,(H,17,19)(H2,16,18,23). The second-order valence-electron chi connectivity index (χ2n) is 4.26. The molecule has 1 aromatic rings. The zero-order valence-electron chi connectivity index (χ0n) is 13.8. The van der Waals surface area contributed by atoms with E-state index in [0.717, 1.165) is 0 Å². The van der Waals surface area contributed by atoms with Crippen LogP contribution in [0.5, 0.6) is 17.2 Å². The molecule has 1 rings (SSSR count). The van der Waals surface area contributed by atoms with Gasteiger partial charge in [0.25, 0.3) is 5.91 Å². The van der Waals surface area contributed by atoms with E-state index in [9.17, 15) is 4.79 Å². The molecule has 128 valence electrons. The maximum atomic E-state index is 12.2. The molecule has 7 nitrogen and oxygen atoms in total. The van der Waals surface area contributed by atoms with Crippen molar-refractivity contribution in [3.8, 4) is 17.2 Å². The molecule has 0 bridgehead atoms. The predicted molar refractivity (Wildman–Crippen MR) is 92.2 cm³/mol. The molecule has 0 radical (unpaired) electrons. The summed E-state index contributed by atoms with van der Waals surface area (Å²) in [6.07, 6.45) is 0. The Kier molecular flexibility index (Phi) is 7.96. The van der Waals surface area contributed by atoms with Gasteiger partial charge in [-0.25, -0.2) is 0 Å².